The molecule has 108 valence electrons. The second-order valence-corrected chi connectivity index (χ2v) is 7.50. The van der Waals surface area contributed by atoms with Crippen LogP contribution in [0, 0.1) is 0 Å². The normalized spacial score (nSPS) is 11.5. The van der Waals surface area contributed by atoms with Gasteiger partial charge >= 0.3 is 0 Å². The van der Waals surface area contributed by atoms with Gasteiger partial charge in [0.25, 0.3) is 0 Å². The molecule has 2 rings (SSSR count). The molecule has 0 aliphatic heterocycles. The summed E-state index contributed by atoms with van der Waals surface area (Å²) in [4.78, 5) is 4.32. The highest BCUT2D eigenvalue weighted by atomic mass is 32.2. The summed E-state index contributed by atoms with van der Waals surface area (Å²) in [7, 11) is -1.34. The molecule has 0 fully saturated rings. The molecule has 0 unspecified atom stereocenters. The van der Waals surface area contributed by atoms with Gasteiger partial charge in [0.2, 0.25) is 5.16 Å². The highest BCUT2D eigenvalue weighted by Crippen LogP contribution is 2.21. The monoisotopic (exact) mass is 313 g/mol. The van der Waals surface area contributed by atoms with Crippen LogP contribution in [0.3, 0.4) is 0 Å². The van der Waals surface area contributed by atoms with Gasteiger partial charge in [-0.05, 0) is 24.3 Å². The molecule has 0 saturated carbocycles. The van der Waals surface area contributed by atoms with Crippen molar-refractivity contribution in [1.29, 1.82) is 0 Å². The van der Waals surface area contributed by atoms with E-state index >= 15 is 0 Å². The predicted molar refractivity (Wildman–Crippen MR) is 78.8 cm³/mol. The number of hydrogen-bond acceptors (Lipinski definition) is 6. The largest absolute Gasteiger partial charge is 0.497 e. The van der Waals surface area contributed by atoms with Gasteiger partial charge < -0.3 is 4.74 Å². The van der Waals surface area contributed by atoms with Crippen LogP contribution in [0.5, 0.6) is 5.75 Å². The van der Waals surface area contributed by atoms with Crippen molar-refractivity contribution in [3.63, 3.8) is 0 Å². The maximum Gasteiger partial charge on any atom is 0.208 e. The molecule has 2 aromatic rings. The molecule has 0 atom stereocenters. The van der Waals surface area contributed by atoms with Crippen LogP contribution >= 0.6 is 11.8 Å². The van der Waals surface area contributed by atoms with E-state index < -0.39 is 9.84 Å². The molecule has 1 heterocycles. The number of thioether (sulfide) groups is 1. The molecular weight excluding hydrogens is 298 g/mol. The quantitative estimate of drug-likeness (QED) is 0.816. The first-order valence-corrected chi connectivity index (χ1v) is 8.90. The fourth-order valence-electron chi connectivity index (χ4n) is 1.47. The smallest absolute Gasteiger partial charge is 0.208 e. The van der Waals surface area contributed by atoms with Gasteiger partial charge in [-0.2, -0.15) is 0 Å². The zero-order valence-corrected chi connectivity index (χ0v) is 12.8. The number of ether oxygens (including phenoxy) is 1. The first-order valence-electron chi connectivity index (χ1n) is 5.85. The van der Waals surface area contributed by atoms with Gasteiger partial charge in [-0.25, -0.2) is 13.4 Å². The number of H-pyrrole nitrogens is 1. The van der Waals surface area contributed by atoms with E-state index in [1.807, 2.05) is 24.3 Å². The van der Waals surface area contributed by atoms with Crippen LogP contribution in [0.4, 0.5) is 0 Å². The summed E-state index contributed by atoms with van der Waals surface area (Å²) in [6.07, 6.45) is 1.22. The van der Waals surface area contributed by atoms with Crippen LogP contribution < -0.4 is 4.74 Å². The number of methoxy groups -OCH3 is 1. The van der Waals surface area contributed by atoms with Gasteiger partial charge in [0.15, 0.2) is 5.82 Å². The molecule has 8 heteroatoms. The summed E-state index contributed by atoms with van der Waals surface area (Å²) in [6, 6.07) is 7.44. The second-order valence-electron chi connectivity index (χ2n) is 4.17. The van der Waals surface area contributed by atoms with E-state index in [1.54, 1.807) is 7.11 Å². The highest BCUT2D eigenvalue weighted by Gasteiger charge is 2.08. The van der Waals surface area contributed by atoms with Crippen molar-refractivity contribution in [3.05, 3.63) is 24.3 Å². The van der Waals surface area contributed by atoms with Gasteiger partial charge in [-0.1, -0.05) is 11.8 Å². The minimum atomic E-state index is -2.95. The average molecular weight is 313 g/mol. The van der Waals surface area contributed by atoms with Crippen LogP contribution in [-0.4, -0.2) is 48.5 Å². The molecule has 0 radical (unpaired) electrons. The van der Waals surface area contributed by atoms with E-state index in [4.69, 9.17) is 4.74 Å². The molecule has 0 spiro atoms. The van der Waals surface area contributed by atoms with Crippen molar-refractivity contribution in [3.8, 4) is 17.1 Å². The fraction of sp³-hybridized carbons (Fsp3) is 0.333. The van der Waals surface area contributed by atoms with Crippen molar-refractivity contribution < 1.29 is 13.2 Å². The van der Waals surface area contributed by atoms with Crippen LogP contribution in [0.2, 0.25) is 0 Å². The zero-order valence-electron chi connectivity index (χ0n) is 11.2. The zero-order chi connectivity index (χ0) is 14.6. The summed E-state index contributed by atoms with van der Waals surface area (Å²) in [6.45, 7) is 0. The number of benzene rings is 1. The van der Waals surface area contributed by atoms with Crippen LogP contribution in [0.25, 0.3) is 11.4 Å². The fourth-order valence-corrected chi connectivity index (χ4v) is 3.47. The third-order valence-corrected chi connectivity index (χ3v) is 4.57. The van der Waals surface area contributed by atoms with Gasteiger partial charge in [-0.3, -0.25) is 5.10 Å². The summed E-state index contributed by atoms with van der Waals surface area (Å²) < 4.78 is 27.2. The SMILES string of the molecule is COc1ccc(-c2nc(SCCS(C)(=O)=O)n[nH]2)cc1. The molecule has 1 N–H and O–H groups in total. The molecule has 0 bridgehead atoms. The molecule has 0 aliphatic rings. The molecule has 0 aliphatic carbocycles. The van der Waals surface area contributed by atoms with E-state index in [-0.39, 0.29) is 5.75 Å². The lowest BCUT2D eigenvalue weighted by atomic mass is 10.2. The van der Waals surface area contributed by atoms with Gasteiger partial charge in [0.05, 0.1) is 12.9 Å². The van der Waals surface area contributed by atoms with E-state index in [2.05, 4.69) is 15.2 Å². The van der Waals surface area contributed by atoms with E-state index in [1.165, 1.54) is 18.0 Å². The van der Waals surface area contributed by atoms with Crippen LogP contribution in [0.15, 0.2) is 29.4 Å². The third kappa shape index (κ3) is 4.24. The lowest BCUT2D eigenvalue weighted by Crippen LogP contribution is -2.05. The summed E-state index contributed by atoms with van der Waals surface area (Å²) in [5.74, 6) is 1.98. The van der Waals surface area contributed by atoms with Gasteiger partial charge in [-0.15, -0.1) is 5.10 Å². The first kappa shape index (κ1) is 14.9. The maximum atomic E-state index is 11.0. The Morgan fingerprint density at radius 3 is 2.60 bits per heavy atom. The van der Waals surface area contributed by atoms with Crippen LogP contribution in [0.1, 0.15) is 0 Å². The van der Waals surface area contributed by atoms with Crippen molar-refractivity contribution >= 4 is 21.6 Å². The minimum absolute atomic E-state index is 0.115. The number of nitrogens with zero attached hydrogens (tertiary/aromatic N) is 2. The van der Waals surface area contributed by atoms with E-state index in [0.29, 0.717) is 16.7 Å². The number of hydrogen-bond donors (Lipinski definition) is 1. The Labute approximate surface area is 121 Å². The van der Waals surface area contributed by atoms with E-state index in [9.17, 15) is 8.42 Å². The predicted octanol–water partition coefficient (Wildman–Crippen LogP) is 1.62. The Kier molecular flexibility index (Phi) is 4.66. The molecular formula is C12H15N3O3S2. The summed E-state index contributed by atoms with van der Waals surface area (Å²) >= 11 is 1.31. The van der Waals surface area contributed by atoms with Gasteiger partial charge in [0, 0.05) is 17.6 Å². The number of rotatable bonds is 6. The van der Waals surface area contributed by atoms with Crippen LogP contribution in [-0.2, 0) is 9.84 Å². The highest BCUT2D eigenvalue weighted by molar-refractivity contribution is 8.00. The molecule has 1 aromatic carbocycles. The number of aromatic nitrogens is 3. The first-order chi connectivity index (χ1) is 9.48. The third-order valence-electron chi connectivity index (χ3n) is 2.51. The molecule has 20 heavy (non-hydrogen) atoms. The molecule has 0 amide bonds. The molecule has 0 saturated heterocycles. The van der Waals surface area contributed by atoms with Gasteiger partial charge in [0.1, 0.15) is 15.6 Å². The molecule has 6 nitrogen and oxygen atoms in total. The Bertz CT molecular complexity index is 666. The number of nitrogens with one attached hydrogen (secondary N) is 1. The Balaban J connectivity index is 2.01. The molecule has 1 aromatic heterocycles. The van der Waals surface area contributed by atoms with Crippen molar-refractivity contribution in [2.45, 2.75) is 5.16 Å². The van der Waals surface area contributed by atoms with Crippen molar-refractivity contribution in [2.24, 2.45) is 0 Å². The minimum Gasteiger partial charge on any atom is -0.497 e. The Morgan fingerprint density at radius 1 is 1.30 bits per heavy atom. The maximum absolute atomic E-state index is 11.0. The average Bonchev–Trinajstić information content (AvgIpc) is 2.86. The van der Waals surface area contributed by atoms with Crippen molar-refractivity contribution in [2.75, 3.05) is 24.9 Å². The standard InChI is InChI=1S/C12H15N3O3S2/c1-18-10-5-3-9(4-6-10)11-13-12(15-14-11)19-7-8-20(2,16)17/h3-6H,7-8H2,1-2H3,(H,13,14,15). The lowest BCUT2D eigenvalue weighted by molar-refractivity contribution is 0.415. The summed E-state index contributed by atoms with van der Waals surface area (Å²) in [5.41, 5.74) is 0.897. The second kappa shape index (κ2) is 6.27. The number of sulfone groups is 1. The Morgan fingerprint density at radius 2 is 2.00 bits per heavy atom. The van der Waals surface area contributed by atoms with Crippen molar-refractivity contribution in [1.82, 2.24) is 15.2 Å². The summed E-state index contributed by atoms with van der Waals surface area (Å²) in [5, 5.41) is 7.43. The topological polar surface area (TPSA) is 84.9 Å². The van der Waals surface area contributed by atoms with E-state index in [0.717, 1.165) is 11.3 Å². The number of aromatic amines is 1. The lowest BCUT2D eigenvalue weighted by Gasteiger charge is -1.99. The Hall–Kier alpha value is -1.54.